The van der Waals surface area contributed by atoms with Crippen LogP contribution in [0.2, 0.25) is 0 Å². The van der Waals surface area contributed by atoms with E-state index in [9.17, 15) is 0 Å². The van der Waals surface area contributed by atoms with Gasteiger partial charge in [-0.3, -0.25) is 0 Å². The zero-order chi connectivity index (χ0) is 8.53. The van der Waals surface area contributed by atoms with Gasteiger partial charge in [0.1, 0.15) is 0 Å². The van der Waals surface area contributed by atoms with Crippen LogP contribution in [-0.4, -0.2) is 19.3 Å². The van der Waals surface area contributed by atoms with Crippen molar-refractivity contribution in [1.82, 2.24) is 0 Å². The summed E-state index contributed by atoms with van der Waals surface area (Å²) < 4.78 is 5.25. The van der Waals surface area contributed by atoms with E-state index in [0.29, 0.717) is 6.61 Å². The SMILES string of the molecule is CC#CCC(N)COCCC. The summed E-state index contributed by atoms with van der Waals surface area (Å²) in [6, 6.07) is 0.0778. The molecule has 0 heterocycles. The Balaban J connectivity index is 3.19. The van der Waals surface area contributed by atoms with Gasteiger partial charge >= 0.3 is 0 Å². The van der Waals surface area contributed by atoms with Crippen molar-refractivity contribution in [2.24, 2.45) is 5.73 Å². The highest BCUT2D eigenvalue weighted by atomic mass is 16.5. The van der Waals surface area contributed by atoms with Gasteiger partial charge in [0, 0.05) is 19.1 Å². The fourth-order valence-corrected chi connectivity index (χ4v) is 0.671. The molecule has 64 valence electrons. The Kier molecular flexibility index (Phi) is 7.23. The van der Waals surface area contributed by atoms with Gasteiger partial charge in [-0.2, -0.15) is 0 Å². The molecule has 2 heteroatoms. The third-order valence-electron chi connectivity index (χ3n) is 1.22. The molecule has 0 aliphatic rings. The molecule has 0 fully saturated rings. The molecule has 0 bridgehead atoms. The molecule has 2 nitrogen and oxygen atoms in total. The third-order valence-corrected chi connectivity index (χ3v) is 1.22. The zero-order valence-electron chi connectivity index (χ0n) is 7.39. The number of hydrogen-bond acceptors (Lipinski definition) is 2. The van der Waals surface area contributed by atoms with Gasteiger partial charge in [-0.1, -0.05) is 6.92 Å². The average Bonchev–Trinajstić information content (AvgIpc) is 2.01. The molecular formula is C9H17NO. The molecule has 1 unspecified atom stereocenters. The molecule has 0 rings (SSSR count). The summed E-state index contributed by atoms with van der Waals surface area (Å²) in [7, 11) is 0. The zero-order valence-corrected chi connectivity index (χ0v) is 7.39. The van der Waals surface area contributed by atoms with Crippen molar-refractivity contribution in [3.05, 3.63) is 0 Å². The van der Waals surface area contributed by atoms with Crippen LogP contribution in [-0.2, 0) is 4.74 Å². The lowest BCUT2D eigenvalue weighted by Gasteiger charge is -2.07. The summed E-state index contributed by atoms with van der Waals surface area (Å²) in [6.45, 7) is 5.33. The predicted octanol–water partition coefficient (Wildman–Crippen LogP) is 1.15. The summed E-state index contributed by atoms with van der Waals surface area (Å²) in [4.78, 5) is 0. The van der Waals surface area contributed by atoms with E-state index in [-0.39, 0.29) is 6.04 Å². The summed E-state index contributed by atoms with van der Waals surface area (Å²) in [5.41, 5.74) is 5.67. The van der Waals surface area contributed by atoms with Gasteiger partial charge in [0.25, 0.3) is 0 Å². The van der Waals surface area contributed by atoms with Gasteiger partial charge in [0.2, 0.25) is 0 Å². The molecule has 0 aromatic carbocycles. The Morgan fingerprint density at radius 1 is 1.55 bits per heavy atom. The molecule has 0 aromatic rings. The topological polar surface area (TPSA) is 35.2 Å². The second-order valence-corrected chi connectivity index (χ2v) is 2.47. The molecule has 0 saturated carbocycles. The van der Waals surface area contributed by atoms with Crippen molar-refractivity contribution in [2.45, 2.75) is 32.7 Å². The number of rotatable bonds is 5. The molecule has 0 aromatic heterocycles. The van der Waals surface area contributed by atoms with Crippen LogP contribution in [0.1, 0.15) is 26.7 Å². The quantitative estimate of drug-likeness (QED) is 0.477. The van der Waals surface area contributed by atoms with Crippen LogP contribution >= 0.6 is 0 Å². The minimum atomic E-state index is 0.0778. The van der Waals surface area contributed by atoms with Crippen molar-refractivity contribution >= 4 is 0 Å². The molecule has 0 spiro atoms. The van der Waals surface area contributed by atoms with E-state index in [1.54, 1.807) is 0 Å². The van der Waals surface area contributed by atoms with Gasteiger partial charge in [-0.15, -0.1) is 11.8 Å². The number of nitrogens with two attached hydrogens (primary N) is 1. The van der Waals surface area contributed by atoms with E-state index < -0.39 is 0 Å². The first-order valence-electron chi connectivity index (χ1n) is 4.04. The van der Waals surface area contributed by atoms with Crippen molar-refractivity contribution < 1.29 is 4.74 Å². The highest BCUT2D eigenvalue weighted by Gasteiger charge is 1.98. The molecule has 0 radical (unpaired) electrons. The number of hydrogen-bond donors (Lipinski definition) is 1. The summed E-state index contributed by atoms with van der Waals surface area (Å²) in [6.07, 6.45) is 1.78. The molecule has 11 heavy (non-hydrogen) atoms. The van der Waals surface area contributed by atoms with Gasteiger partial charge in [0.15, 0.2) is 0 Å². The van der Waals surface area contributed by atoms with E-state index >= 15 is 0 Å². The predicted molar refractivity (Wildman–Crippen MR) is 47.2 cm³/mol. The Labute approximate surface area is 69.1 Å². The van der Waals surface area contributed by atoms with E-state index in [2.05, 4.69) is 18.8 Å². The van der Waals surface area contributed by atoms with E-state index in [4.69, 9.17) is 10.5 Å². The van der Waals surface area contributed by atoms with Crippen molar-refractivity contribution in [3.63, 3.8) is 0 Å². The lowest BCUT2D eigenvalue weighted by atomic mass is 10.2. The summed E-state index contributed by atoms with van der Waals surface area (Å²) in [5, 5.41) is 0. The minimum Gasteiger partial charge on any atom is -0.380 e. The lowest BCUT2D eigenvalue weighted by Crippen LogP contribution is -2.25. The fourth-order valence-electron chi connectivity index (χ4n) is 0.671. The van der Waals surface area contributed by atoms with Crippen LogP contribution in [0.15, 0.2) is 0 Å². The standard InChI is InChI=1S/C9H17NO/c1-3-5-6-9(10)8-11-7-4-2/h9H,4,6-8,10H2,1-2H3. The van der Waals surface area contributed by atoms with Crippen molar-refractivity contribution in [3.8, 4) is 11.8 Å². The Bertz CT molecular complexity index is 134. The largest absolute Gasteiger partial charge is 0.380 e. The second-order valence-electron chi connectivity index (χ2n) is 2.47. The lowest BCUT2D eigenvalue weighted by molar-refractivity contribution is 0.122. The molecule has 0 aliphatic carbocycles. The van der Waals surface area contributed by atoms with Crippen LogP contribution in [0.3, 0.4) is 0 Å². The number of ether oxygens (including phenoxy) is 1. The molecular weight excluding hydrogens is 138 g/mol. The molecule has 0 amide bonds. The maximum atomic E-state index is 5.67. The monoisotopic (exact) mass is 155 g/mol. The second kappa shape index (κ2) is 7.59. The van der Waals surface area contributed by atoms with Crippen molar-refractivity contribution in [2.75, 3.05) is 13.2 Å². The van der Waals surface area contributed by atoms with Gasteiger partial charge in [-0.25, -0.2) is 0 Å². The average molecular weight is 155 g/mol. The van der Waals surface area contributed by atoms with Gasteiger partial charge in [0.05, 0.1) is 6.61 Å². The van der Waals surface area contributed by atoms with Crippen LogP contribution < -0.4 is 5.73 Å². The molecule has 0 saturated heterocycles. The smallest absolute Gasteiger partial charge is 0.0626 e. The highest BCUT2D eigenvalue weighted by molar-refractivity contribution is 4.97. The maximum absolute atomic E-state index is 5.67. The first kappa shape index (κ1) is 10.5. The van der Waals surface area contributed by atoms with E-state index in [1.807, 2.05) is 6.92 Å². The highest BCUT2D eigenvalue weighted by Crippen LogP contribution is 1.88. The van der Waals surface area contributed by atoms with Gasteiger partial charge < -0.3 is 10.5 Å². The molecule has 2 N–H and O–H groups in total. The van der Waals surface area contributed by atoms with E-state index in [1.165, 1.54) is 0 Å². The first-order chi connectivity index (χ1) is 5.31. The van der Waals surface area contributed by atoms with Crippen LogP contribution in [0.4, 0.5) is 0 Å². The van der Waals surface area contributed by atoms with E-state index in [0.717, 1.165) is 19.4 Å². The van der Waals surface area contributed by atoms with Crippen molar-refractivity contribution in [1.29, 1.82) is 0 Å². The first-order valence-corrected chi connectivity index (χ1v) is 4.04. The Morgan fingerprint density at radius 2 is 2.27 bits per heavy atom. The molecule has 1 atom stereocenters. The minimum absolute atomic E-state index is 0.0778. The fraction of sp³-hybridized carbons (Fsp3) is 0.778. The molecule has 0 aliphatic heterocycles. The van der Waals surface area contributed by atoms with Crippen LogP contribution in [0, 0.1) is 11.8 Å². The summed E-state index contributed by atoms with van der Waals surface area (Å²) in [5.74, 6) is 5.72. The van der Waals surface area contributed by atoms with Gasteiger partial charge in [-0.05, 0) is 13.3 Å². The normalized spacial score (nSPS) is 11.9. The summed E-state index contributed by atoms with van der Waals surface area (Å²) >= 11 is 0. The Hall–Kier alpha value is -0.520. The van der Waals surface area contributed by atoms with Crippen LogP contribution in [0.5, 0.6) is 0 Å². The Morgan fingerprint density at radius 3 is 2.82 bits per heavy atom. The van der Waals surface area contributed by atoms with Crippen LogP contribution in [0.25, 0.3) is 0 Å². The third kappa shape index (κ3) is 7.38. The maximum Gasteiger partial charge on any atom is 0.0626 e.